The molecule has 1 N–H and O–H groups in total. The summed E-state index contributed by atoms with van der Waals surface area (Å²) >= 11 is 5.45. The Morgan fingerprint density at radius 1 is 1.12 bits per heavy atom. The van der Waals surface area contributed by atoms with Crippen LogP contribution in [0.15, 0.2) is 48.5 Å². The van der Waals surface area contributed by atoms with Crippen LogP contribution in [0.2, 0.25) is 0 Å². The van der Waals surface area contributed by atoms with E-state index in [1.165, 1.54) is 12.1 Å². The van der Waals surface area contributed by atoms with Gasteiger partial charge in [-0.1, -0.05) is 12.1 Å². The van der Waals surface area contributed by atoms with E-state index in [9.17, 15) is 15.4 Å². The second-order valence-corrected chi connectivity index (χ2v) is 6.22. The third-order valence-corrected chi connectivity index (χ3v) is 4.62. The fourth-order valence-electron chi connectivity index (χ4n) is 2.86. The van der Waals surface area contributed by atoms with Crippen LogP contribution in [0.3, 0.4) is 0 Å². The lowest BCUT2D eigenvalue weighted by Crippen LogP contribution is -2.50. The van der Waals surface area contributed by atoms with Crippen molar-refractivity contribution < 1.29 is 4.92 Å². The maximum atomic E-state index is 10.7. The molecule has 2 aromatic carbocycles. The Bertz CT molecular complexity index is 855. The molecule has 1 saturated heterocycles. The van der Waals surface area contributed by atoms with E-state index >= 15 is 0 Å². The van der Waals surface area contributed by atoms with Crippen LogP contribution in [0.1, 0.15) is 5.56 Å². The van der Waals surface area contributed by atoms with Crippen molar-refractivity contribution in [2.45, 2.75) is 0 Å². The van der Waals surface area contributed by atoms with Gasteiger partial charge in [-0.25, -0.2) is 0 Å². The largest absolute Gasteiger partial charge is 0.367 e. The molecule has 7 nitrogen and oxygen atoms in total. The molecule has 8 heteroatoms. The van der Waals surface area contributed by atoms with Crippen molar-refractivity contribution in [2.75, 3.05) is 36.4 Å². The lowest BCUT2D eigenvalue weighted by molar-refractivity contribution is -0.384. The number of para-hydroxylation sites is 1. The number of nitro benzene ring substituents is 1. The minimum absolute atomic E-state index is 0.0474. The molecule has 1 aliphatic rings. The number of nitriles is 1. The Labute approximate surface area is 156 Å². The minimum atomic E-state index is -0.430. The molecule has 26 heavy (non-hydrogen) atoms. The van der Waals surface area contributed by atoms with Crippen molar-refractivity contribution in [1.29, 1.82) is 5.26 Å². The van der Waals surface area contributed by atoms with Gasteiger partial charge in [-0.3, -0.25) is 10.1 Å². The first-order valence-corrected chi connectivity index (χ1v) is 8.54. The Balaban J connectivity index is 1.58. The molecule has 0 aromatic heterocycles. The van der Waals surface area contributed by atoms with Crippen molar-refractivity contribution in [2.24, 2.45) is 0 Å². The van der Waals surface area contributed by atoms with Crippen molar-refractivity contribution in [3.63, 3.8) is 0 Å². The average molecular weight is 367 g/mol. The van der Waals surface area contributed by atoms with Gasteiger partial charge in [0.2, 0.25) is 0 Å². The van der Waals surface area contributed by atoms with E-state index < -0.39 is 4.92 Å². The molecule has 0 aliphatic carbocycles. The van der Waals surface area contributed by atoms with E-state index in [2.05, 4.69) is 21.2 Å². The zero-order chi connectivity index (χ0) is 18.5. The summed E-state index contributed by atoms with van der Waals surface area (Å²) in [6.45, 7) is 3.00. The van der Waals surface area contributed by atoms with E-state index in [0.717, 1.165) is 37.6 Å². The van der Waals surface area contributed by atoms with E-state index in [4.69, 9.17) is 12.2 Å². The first-order chi connectivity index (χ1) is 12.6. The number of hydrogen-bond acceptors (Lipinski definition) is 5. The molecule has 132 valence electrons. The molecule has 0 unspecified atom stereocenters. The lowest BCUT2D eigenvalue weighted by Gasteiger charge is -2.37. The van der Waals surface area contributed by atoms with Crippen LogP contribution >= 0.6 is 12.2 Å². The van der Waals surface area contributed by atoms with E-state index in [1.54, 1.807) is 12.1 Å². The third kappa shape index (κ3) is 3.90. The van der Waals surface area contributed by atoms with Gasteiger partial charge >= 0.3 is 0 Å². The van der Waals surface area contributed by atoms with Gasteiger partial charge in [-0.05, 0) is 36.5 Å². The second-order valence-electron chi connectivity index (χ2n) is 5.84. The number of nitrogens with one attached hydrogen (secondary N) is 1. The van der Waals surface area contributed by atoms with Gasteiger partial charge in [0.1, 0.15) is 6.07 Å². The predicted octanol–water partition coefficient (Wildman–Crippen LogP) is 2.99. The molecule has 2 aromatic rings. The molecule has 0 saturated carbocycles. The SMILES string of the molecule is N#Cc1ccccc1N1CCN(C(=S)Nc2ccc([N+](=O)[O-])cc2)CC1. The predicted molar refractivity (Wildman–Crippen MR) is 104 cm³/mol. The number of thiocarbonyl (C=S) groups is 1. The molecule has 3 rings (SSSR count). The highest BCUT2D eigenvalue weighted by Gasteiger charge is 2.20. The summed E-state index contributed by atoms with van der Waals surface area (Å²) in [4.78, 5) is 14.5. The molecular weight excluding hydrogens is 350 g/mol. The normalized spacial score (nSPS) is 13.8. The number of nitro groups is 1. The highest BCUT2D eigenvalue weighted by Crippen LogP contribution is 2.21. The number of non-ortho nitro benzene ring substituents is 1. The summed E-state index contributed by atoms with van der Waals surface area (Å²) in [6.07, 6.45) is 0. The highest BCUT2D eigenvalue weighted by molar-refractivity contribution is 7.80. The van der Waals surface area contributed by atoms with Gasteiger partial charge < -0.3 is 15.1 Å². The summed E-state index contributed by atoms with van der Waals surface area (Å²) < 4.78 is 0. The molecule has 0 amide bonds. The van der Waals surface area contributed by atoms with Crippen LogP contribution in [0.5, 0.6) is 0 Å². The van der Waals surface area contributed by atoms with E-state index in [0.29, 0.717) is 10.7 Å². The maximum Gasteiger partial charge on any atom is 0.269 e. The van der Waals surface area contributed by atoms with Crippen molar-refractivity contribution >= 4 is 34.4 Å². The van der Waals surface area contributed by atoms with Crippen LogP contribution in [0.25, 0.3) is 0 Å². The molecule has 0 atom stereocenters. The van der Waals surface area contributed by atoms with Crippen LogP contribution in [0.4, 0.5) is 17.1 Å². The monoisotopic (exact) mass is 367 g/mol. The van der Waals surface area contributed by atoms with Gasteiger partial charge in [0, 0.05) is 44.0 Å². The summed E-state index contributed by atoms with van der Waals surface area (Å²) in [5.41, 5.74) is 2.39. The number of rotatable bonds is 3. The number of anilines is 2. The third-order valence-electron chi connectivity index (χ3n) is 4.26. The molecule has 0 radical (unpaired) electrons. The zero-order valence-electron chi connectivity index (χ0n) is 14.0. The Morgan fingerprint density at radius 2 is 1.77 bits per heavy atom. The van der Waals surface area contributed by atoms with Gasteiger partial charge in [0.15, 0.2) is 5.11 Å². The van der Waals surface area contributed by atoms with Crippen LogP contribution < -0.4 is 10.2 Å². The van der Waals surface area contributed by atoms with E-state index in [1.807, 2.05) is 24.3 Å². The number of hydrogen-bond donors (Lipinski definition) is 1. The summed E-state index contributed by atoms with van der Waals surface area (Å²) in [5.74, 6) is 0. The number of nitrogens with zero attached hydrogens (tertiary/aromatic N) is 4. The zero-order valence-corrected chi connectivity index (χ0v) is 14.8. The molecule has 1 aliphatic heterocycles. The van der Waals surface area contributed by atoms with Gasteiger partial charge in [-0.15, -0.1) is 0 Å². The maximum absolute atomic E-state index is 10.7. The molecule has 1 heterocycles. The standard InChI is InChI=1S/C18H17N5O2S/c19-13-14-3-1-2-4-17(14)21-9-11-22(12-10-21)18(26)20-15-5-7-16(8-6-15)23(24)25/h1-8H,9-12H2,(H,20,26). The summed E-state index contributed by atoms with van der Waals surface area (Å²) in [6, 6.07) is 16.0. The van der Waals surface area contributed by atoms with Crippen LogP contribution in [-0.2, 0) is 0 Å². The molecule has 1 fully saturated rings. The lowest BCUT2D eigenvalue weighted by atomic mass is 10.1. The quantitative estimate of drug-likeness (QED) is 0.507. The molecule has 0 bridgehead atoms. The minimum Gasteiger partial charge on any atom is -0.367 e. The number of benzene rings is 2. The van der Waals surface area contributed by atoms with E-state index in [-0.39, 0.29) is 5.69 Å². The van der Waals surface area contributed by atoms with Gasteiger partial charge in [0.25, 0.3) is 5.69 Å². The smallest absolute Gasteiger partial charge is 0.269 e. The fourth-order valence-corrected chi connectivity index (χ4v) is 3.16. The molecular formula is C18H17N5O2S. The first kappa shape index (κ1) is 17.6. The fraction of sp³-hybridized carbons (Fsp3) is 0.222. The van der Waals surface area contributed by atoms with Gasteiger partial charge in [-0.2, -0.15) is 5.26 Å². The van der Waals surface area contributed by atoms with Crippen molar-refractivity contribution in [3.05, 3.63) is 64.2 Å². The Kier molecular flexibility index (Phi) is 5.29. The Hall–Kier alpha value is -3.18. The van der Waals surface area contributed by atoms with Crippen molar-refractivity contribution in [3.8, 4) is 6.07 Å². The van der Waals surface area contributed by atoms with Crippen LogP contribution in [0, 0.1) is 21.4 Å². The van der Waals surface area contributed by atoms with Gasteiger partial charge in [0.05, 0.1) is 16.2 Å². The first-order valence-electron chi connectivity index (χ1n) is 8.13. The Morgan fingerprint density at radius 3 is 2.38 bits per heavy atom. The second kappa shape index (κ2) is 7.80. The van der Waals surface area contributed by atoms with Crippen LogP contribution in [-0.4, -0.2) is 41.1 Å². The summed E-state index contributed by atoms with van der Waals surface area (Å²) in [5, 5.41) is 23.7. The number of piperazine rings is 1. The van der Waals surface area contributed by atoms with Crippen molar-refractivity contribution in [1.82, 2.24) is 4.90 Å². The highest BCUT2D eigenvalue weighted by atomic mass is 32.1. The summed E-state index contributed by atoms with van der Waals surface area (Å²) in [7, 11) is 0. The molecule has 0 spiro atoms. The average Bonchev–Trinajstić information content (AvgIpc) is 2.68. The topological polar surface area (TPSA) is 85.4 Å².